The van der Waals surface area contributed by atoms with Crippen molar-refractivity contribution in [2.24, 2.45) is 0 Å². The van der Waals surface area contributed by atoms with Crippen molar-refractivity contribution in [1.29, 1.82) is 0 Å². The van der Waals surface area contributed by atoms with Gasteiger partial charge in [0.05, 0.1) is 0 Å². The Morgan fingerprint density at radius 3 is 2.27 bits per heavy atom. The average molecular weight is 218 g/mol. The molecule has 2 rings (SSSR count). The van der Waals surface area contributed by atoms with E-state index in [2.05, 4.69) is 50.0 Å². The van der Waals surface area contributed by atoms with Crippen LogP contribution in [0.5, 0.6) is 0 Å². The van der Waals surface area contributed by atoms with Gasteiger partial charge in [-0.3, -0.25) is 0 Å². The molecule has 2 atom stereocenters. The third-order valence-corrected chi connectivity index (χ3v) is 6.77. The maximum atomic E-state index is 2.53. The third kappa shape index (κ3) is 2.33. The lowest BCUT2D eigenvalue weighted by atomic mass is 9.97. The topological polar surface area (TPSA) is 0 Å². The second-order valence-corrected chi connectivity index (χ2v) is 11.4. The Morgan fingerprint density at radius 2 is 1.67 bits per heavy atom. The van der Waals surface area contributed by atoms with E-state index in [0.29, 0.717) is 0 Å². The molecule has 1 saturated carbocycles. The average Bonchev–Trinajstić information content (AvgIpc) is 2.67. The molecule has 0 heterocycles. The summed E-state index contributed by atoms with van der Waals surface area (Å²) in [6, 6.07) is 11.2. The molecule has 1 fully saturated rings. The highest BCUT2D eigenvalue weighted by atomic mass is 28.3. The third-order valence-electron chi connectivity index (χ3n) is 3.86. The van der Waals surface area contributed by atoms with Crippen LogP contribution in [0.3, 0.4) is 0 Å². The molecule has 0 radical (unpaired) electrons. The first-order chi connectivity index (χ1) is 7.09. The van der Waals surface area contributed by atoms with Crippen LogP contribution in [-0.2, 0) is 0 Å². The summed E-state index contributed by atoms with van der Waals surface area (Å²) in [5.74, 6) is 0.859. The van der Waals surface area contributed by atoms with Crippen LogP contribution in [0, 0.1) is 0 Å². The van der Waals surface area contributed by atoms with Crippen molar-refractivity contribution in [1.82, 2.24) is 0 Å². The summed E-state index contributed by atoms with van der Waals surface area (Å²) >= 11 is 0. The fourth-order valence-electron chi connectivity index (χ4n) is 3.10. The molecule has 0 spiro atoms. The minimum atomic E-state index is -0.970. The highest BCUT2D eigenvalue weighted by Crippen LogP contribution is 2.48. The summed E-state index contributed by atoms with van der Waals surface area (Å²) in [6.07, 6.45) is 4.32. The summed E-state index contributed by atoms with van der Waals surface area (Å²) in [6.45, 7) is 7.58. The molecule has 1 heteroatoms. The van der Waals surface area contributed by atoms with Crippen LogP contribution in [0.25, 0.3) is 0 Å². The smallest absolute Gasteiger partial charge is 0.0479 e. The Bertz CT molecular complexity index is 310. The van der Waals surface area contributed by atoms with E-state index in [-0.39, 0.29) is 0 Å². The summed E-state index contributed by atoms with van der Waals surface area (Å²) < 4.78 is 0. The molecule has 0 N–H and O–H groups in total. The van der Waals surface area contributed by atoms with Crippen molar-refractivity contribution in [2.75, 3.05) is 0 Å². The molecule has 2 unspecified atom stereocenters. The maximum Gasteiger partial charge on any atom is 0.0479 e. The van der Waals surface area contributed by atoms with Gasteiger partial charge in [-0.15, -0.1) is 0 Å². The van der Waals surface area contributed by atoms with Crippen LogP contribution in [0.15, 0.2) is 30.3 Å². The van der Waals surface area contributed by atoms with E-state index in [0.717, 1.165) is 11.5 Å². The Labute approximate surface area is 94.7 Å². The fraction of sp³-hybridized carbons (Fsp3) is 0.571. The summed E-state index contributed by atoms with van der Waals surface area (Å²) in [5, 5.41) is 0. The minimum Gasteiger partial charge on any atom is -0.0693 e. The molecular formula is C14H22Si. The molecule has 0 saturated heterocycles. The van der Waals surface area contributed by atoms with Crippen LogP contribution in [0.4, 0.5) is 0 Å². The zero-order chi connectivity index (χ0) is 10.9. The predicted molar refractivity (Wildman–Crippen MR) is 70.1 cm³/mol. The first-order valence-corrected chi connectivity index (χ1v) is 9.72. The molecule has 0 bridgehead atoms. The lowest BCUT2D eigenvalue weighted by molar-refractivity contribution is 0.702. The molecule has 0 amide bonds. The molecule has 0 aromatic heterocycles. The molecule has 0 nitrogen and oxygen atoms in total. The minimum absolute atomic E-state index is 0.859. The number of benzene rings is 1. The van der Waals surface area contributed by atoms with Crippen LogP contribution >= 0.6 is 0 Å². The summed E-state index contributed by atoms with van der Waals surface area (Å²) in [4.78, 5) is 0. The second-order valence-electron chi connectivity index (χ2n) is 5.92. The normalized spacial score (nSPS) is 26.9. The van der Waals surface area contributed by atoms with E-state index in [1.54, 1.807) is 5.56 Å². The van der Waals surface area contributed by atoms with Crippen LogP contribution in [0.1, 0.15) is 30.7 Å². The van der Waals surface area contributed by atoms with Gasteiger partial charge in [-0.1, -0.05) is 62.8 Å². The lowest BCUT2D eigenvalue weighted by Gasteiger charge is -2.31. The van der Waals surface area contributed by atoms with E-state index < -0.39 is 8.07 Å². The standard InChI is InChI=1S/C14H22Si/c1-15(2,3)14-11-7-10-13(14)12-8-5-4-6-9-12/h4-6,8-9,13-14H,7,10-11H2,1-3H3. The first kappa shape index (κ1) is 10.9. The first-order valence-electron chi connectivity index (χ1n) is 6.14. The molecular weight excluding hydrogens is 196 g/mol. The number of hydrogen-bond donors (Lipinski definition) is 0. The maximum absolute atomic E-state index is 2.53. The van der Waals surface area contributed by atoms with Gasteiger partial charge in [0.1, 0.15) is 0 Å². The fourth-order valence-corrected chi connectivity index (χ4v) is 5.73. The highest BCUT2D eigenvalue weighted by Gasteiger charge is 2.37. The second kappa shape index (κ2) is 4.13. The molecule has 82 valence electrons. The van der Waals surface area contributed by atoms with E-state index in [4.69, 9.17) is 0 Å². The molecule has 1 aromatic carbocycles. The van der Waals surface area contributed by atoms with Crippen LogP contribution in [0.2, 0.25) is 25.2 Å². The Hall–Kier alpha value is -0.563. The van der Waals surface area contributed by atoms with Gasteiger partial charge in [0.2, 0.25) is 0 Å². The number of hydrogen-bond acceptors (Lipinski definition) is 0. The van der Waals surface area contributed by atoms with E-state index >= 15 is 0 Å². The van der Waals surface area contributed by atoms with Crippen LogP contribution < -0.4 is 0 Å². The van der Waals surface area contributed by atoms with Gasteiger partial charge < -0.3 is 0 Å². The Kier molecular flexibility index (Phi) is 3.01. The largest absolute Gasteiger partial charge is 0.0693 e. The molecule has 1 aromatic rings. The van der Waals surface area contributed by atoms with Crippen LogP contribution in [-0.4, -0.2) is 8.07 Å². The van der Waals surface area contributed by atoms with Gasteiger partial charge >= 0.3 is 0 Å². The van der Waals surface area contributed by atoms with Crippen molar-refractivity contribution >= 4 is 8.07 Å². The zero-order valence-corrected chi connectivity index (χ0v) is 11.2. The van der Waals surface area contributed by atoms with Gasteiger partial charge in [-0.2, -0.15) is 0 Å². The van der Waals surface area contributed by atoms with Crippen molar-refractivity contribution < 1.29 is 0 Å². The predicted octanol–water partition coefficient (Wildman–Crippen LogP) is 4.66. The molecule has 15 heavy (non-hydrogen) atoms. The Balaban J connectivity index is 2.23. The van der Waals surface area contributed by atoms with E-state index in [9.17, 15) is 0 Å². The monoisotopic (exact) mass is 218 g/mol. The van der Waals surface area contributed by atoms with Gasteiger partial charge in [-0.25, -0.2) is 0 Å². The summed E-state index contributed by atoms with van der Waals surface area (Å²) in [5.41, 5.74) is 2.59. The van der Waals surface area contributed by atoms with Crippen molar-refractivity contribution in [3.05, 3.63) is 35.9 Å². The van der Waals surface area contributed by atoms with E-state index in [1.807, 2.05) is 0 Å². The summed E-state index contributed by atoms with van der Waals surface area (Å²) in [7, 11) is -0.970. The van der Waals surface area contributed by atoms with Gasteiger partial charge in [-0.05, 0) is 23.4 Å². The van der Waals surface area contributed by atoms with Crippen molar-refractivity contribution in [3.8, 4) is 0 Å². The van der Waals surface area contributed by atoms with Gasteiger partial charge in [0.15, 0.2) is 0 Å². The highest BCUT2D eigenvalue weighted by molar-refractivity contribution is 6.77. The zero-order valence-electron chi connectivity index (χ0n) is 10.2. The molecule has 0 aliphatic heterocycles. The number of rotatable bonds is 2. The van der Waals surface area contributed by atoms with Gasteiger partial charge in [0, 0.05) is 8.07 Å². The lowest BCUT2D eigenvalue weighted by Crippen LogP contribution is -2.29. The quantitative estimate of drug-likeness (QED) is 0.633. The van der Waals surface area contributed by atoms with Gasteiger partial charge in [0.25, 0.3) is 0 Å². The van der Waals surface area contributed by atoms with Crippen molar-refractivity contribution in [2.45, 2.75) is 50.4 Å². The SMILES string of the molecule is C[Si](C)(C)C1CCCC1c1ccccc1. The van der Waals surface area contributed by atoms with Crippen molar-refractivity contribution in [3.63, 3.8) is 0 Å². The molecule has 1 aliphatic rings. The Morgan fingerprint density at radius 1 is 1.00 bits per heavy atom. The molecule has 1 aliphatic carbocycles. The van der Waals surface area contributed by atoms with E-state index in [1.165, 1.54) is 19.3 Å².